The van der Waals surface area contributed by atoms with Gasteiger partial charge in [-0.2, -0.15) is 0 Å². The van der Waals surface area contributed by atoms with Crippen LogP contribution in [0.25, 0.3) is 0 Å². The average molecular weight is 275 g/mol. The van der Waals surface area contributed by atoms with Crippen LogP contribution < -0.4 is 0 Å². The maximum Gasteiger partial charge on any atom is 0.338 e. The summed E-state index contributed by atoms with van der Waals surface area (Å²) in [6.07, 6.45) is 2.62. The van der Waals surface area contributed by atoms with E-state index in [1.54, 1.807) is 0 Å². The first kappa shape index (κ1) is 13.6. The summed E-state index contributed by atoms with van der Waals surface area (Å²) in [7, 11) is 1.43. The SMILES string of the molecule is COC(=O)c1ccccc1CN1CCOC[C@@H]1C1CC1. The lowest BCUT2D eigenvalue weighted by Gasteiger charge is -2.36. The van der Waals surface area contributed by atoms with E-state index in [4.69, 9.17) is 9.47 Å². The van der Waals surface area contributed by atoms with Gasteiger partial charge in [0.2, 0.25) is 0 Å². The molecule has 2 aliphatic rings. The number of esters is 1. The molecule has 1 heterocycles. The Kier molecular flexibility index (Phi) is 4.03. The lowest BCUT2D eigenvalue weighted by atomic mass is 10.0. The number of nitrogens with zero attached hydrogens (tertiary/aromatic N) is 1. The summed E-state index contributed by atoms with van der Waals surface area (Å²) in [5.41, 5.74) is 1.72. The summed E-state index contributed by atoms with van der Waals surface area (Å²) in [6.45, 7) is 3.35. The number of morpholine rings is 1. The predicted octanol–water partition coefficient (Wildman–Crippen LogP) is 2.08. The van der Waals surface area contributed by atoms with Crippen LogP contribution in [0.2, 0.25) is 0 Å². The third kappa shape index (κ3) is 2.86. The van der Waals surface area contributed by atoms with E-state index in [1.165, 1.54) is 20.0 Å². The number of ether oxygens (including phenoxy) is 2. The summed E-state index contributed by atoms with van der Waals surface area (Å²) in [4.78, 5) is 14.3. The molecule has 0 unspecified atom stereocenters. The molecule has 0 radical (unpaired) electrons. The molecular formula is C16H21NO3. The zero-order valence-corrected chi connectivity index (χ0v) is 11.9. The lowest BCUT2D eigenvalue weighted by molar-refractivity contribution is -0.0199. The van der Waals surface area contributed by atoms with Crippen molar-refractivity contribution >= 4 is 5.97 Å². The minimum atomic E-state index is -0.253. The number of rotatable bonds is 4. The molecule has 0 N–H and O–H groups in total. The van der Waals surface area contributed by atoms with Crippen LogP contribution >= 0.6 is 0 Å². The molecule has 1 saturated carbocycles. The molecule has 1 aliphatic heterocycles. The fourth-order valence-corrected chi connectivity index (χ4v) is 2.95. The third-order valence-corrected chi connectivity index (χ3v) is 4.24. The van der Waals surface area contributed by atoms with Gasteiger partial charge in [0.1, 0.15) is 0 Å². The maximum atomic E-state index is 11.8. The van der Waals surface area contributed by atoms with Gasteiger partial charge in [-0.15, -0.1) is 0 Å². The average Bonchev–Trinajstić information content (AvgIpc) is 3.32. The summed E-state index contributed by atoms with van der Waals surface area (Å²) < 4.78 is 10.5. The Bertz CT molecular complexity index is 484. The second-order valence-corrected chi connectivity index (χ2v) is 5.60. The number of hydrogen-bond donors (Lipinski definition) is 0. The minimum absolute atomic E-state index is 0.253. The van der Waals surface area contributed by atoms with Gasteiger partial charge in [-0.3, -0.25) is 4.90 Å². The Labute approximate surface area is 119 Å². The number of hydrogen-bond acceptors (Lipinski definition) is 4. The predicted molar refractivity (Wildman–Crippen MR) is 75.5 cm³/mol. The van der Waals surface area contributed by atoms with Crippen LogP contribution in [-0.4, -0.2) is 43.8 Å². The van der Waals surface area contributed by atoms with Gasteiger partial charge >= 0.3 is 5.97 Å². The van der Waals surface area contributed by atoms with Crippen molar-refractivity contribution in [3.05, 3.63) is 35.4 Å². The zero-order chi connectivity index (χ0) is 13.9. The van der Waals surface area contributed by atoms with Gasteiger partial charge in [0.05, 0.1) is 25.9 Å². The van der Waals surface area contributed by atoms with Crippen LogP contribution in [0.3, 0.4) is 0 Å². The van der Waals surface area contributed by atoms with E-state index < -0.39 is 0 Å². The van der Waals surface area contributed by atoms with Gasteiger partial charge in [-0.25, -0.2) is 4.79 Å². The molecule has 1 aromatic carbocycles. The molecule has 0 spiro atoms. The van der Waals surface area contributed by atoms with Gasteiger partial charge in [0.15, 0.2) is 0 Å². The highest BCUT2D eigenvalue weighted by atomic mass is 16.5. The standard InChI is InChI=1S/C16H21NO3/c1-19-16(18)14-5-3-2-4-13(14)10-17-8-9-20-11-15(17)12-6-7-12/h2-5,12,15H,6-11H2,1H3/t15-/m1/s1. The molecule has 4 nitrogen and oxygen atoms in total. The monoisotopic (exact) mass is 275 g/mol. The zero-order valence-electron chi connectivity index (χ0n) is 11.9. The smallest absolute Gasteiger partial charge is 0.338 e. The van der Waals surface area contributed by atoms with Crippen molar-refractivity contribution < 1.29 is 14.3 Å². The quantitative estimate of drug-likeness (QED) is 0.789. The van der Waals surface area contributed by atoms with E-state index in [0.717, 1.165) is 37.8 Å². The number of methoxy groups -OCH3 is 1. The lowest BCUT2D eigenvalue weighted by Crippen LogP contribution is -2.46. The van der Waals surface area contributed by atoms with Crippen molar-refractivity contribution in [2.45, 2.75) is 25.4 Å². The molecule has 108 valence electrons. The highest BCUT2D eigenvalue weighted by molar-refractivity contribution is 5.90. The summed E-state index contributed by atoms with van der Waals surface area (Å²) >= 11 is 0. The summed E-state index contributed by atoms with van der Waals surface area (Å²) in [5.74, 6) is 0.525. The Morgan fingerprint density at radius 2 is 2.20 bits per heavy atom. The van der Waals surface area contributed by atoms with Crippen molar-refractivity contribution in [1.29, 1.82) is 0 Å². The van der Waals surface area contributed by atoms with E-state index in [9.17, 15) is 4.79 Å². The Morgan fingerprint density at radius 1 is 1.40 bits per heavy atom. The second kappa shape index (κ2) is 5.94. The molecular weight excluding hydrogens is 254 g/mol. The maximum absolute atomic E-state index is 11.8. The topological polar surface area (TPSA) is 38.8 Å². The van der Waals surface area contributed by atoms with Crippen molar-refractivity contribution in [3.8, 4) is 0 Å². The van der Waals surface area contributed by atoms with Gasteiger partial charge in [-0.05, 0) is 30.4 Å². The molecule has 1 aromatic rings. The highest BCUT2D eigenvalue weighted by Gasteiger charge is 2.37. The molecule has 0 amide bonds. The third-order valence-electron chi connectivity index (χ3n) is 4.24. The van der Waals surface area contributed by atoms with Crippen LogP contribution in [0, 0.1) is 5.92 Å². The number of carbonyl (C=O) groups excluding carboxylic acids is 1. The minimum Gasteiger partial charge on any atom is -0.465 e. The van der Waals surface area contributed by atoms with Crippen LogP contribution in [0.1, 0.15) is 28.8 Å². The van der Waals surface area contributed by atoms with Crippen LogP contribution in [0.5, 0.6) is 0 Å². The van der Waals surface area contributed by atoms with E-state index in [1.807, 2.05) is 24.3 Å². The largest absolute Gasteiger partial charge is 0.465 e. The normalized spacial score (nSPS) is 23.6. The molecule has 1 atom stereocenters. The van der Waals surface area contributed by atoms with Crippen LogP contribution in [0.15, 0.2) is 24.3 Å². The van der Waals surface area contributed by atoms with Crippen LogP contribution in [0.4, 0.5) is 0 Å². The first-order valence-corrected chi connectivity index (χ1v) is 7.27. The Morgan fingerprint density at radius 3 is 2.95 bits per heavy atom. The van der Waals surface area contributed by atoms with Crippen LogP contribution in [-0.2, 0) is 16.0 Å². The number of carbonyl (C=O) groups is 1. The molecule has 0 bridgehead atoms. The highest BCUT2D eigenvalue weighted by Crippen LogP contribution is 2.37. The molecule has 0 aromatic heterocycles. The fourth-order valence-electron chi connectivity index (χ4n) is 2.95. The first-order chi connectivity index (χ1) is 9.79. The van der Waals surface area contributed by atoms with Crippen molar-refractivity contribution in [2.75, 3.05) is 26.9 Å². The molecule has 4 heteroatoms. The fraction of sp³-hybridized carbons (Fsp3) is 0.562. The molecule has 1 aliphatic carbocycles. The molecule has 20 heavy (non-hydrogen) atoms. The van der Waals surface area contributed by atoms with E-state index in [-0.39, 0.29) is 5.97 Å². The van der Waals surface area contributed by atoms with Crippen molar-refractivity contribution in [3.63, 3.8) is 0 Å². The van der Waals surface area contributed by atoms with Gasteiger partial charge in [0.25, 0.3) is 0 Å². The first-order valence-electron chi connectivity index (χ1n) is 7.27. The second-order valence-electron chi connectivity index (χ2n) is 5.60. The molecule has 1 saturated heterocycles. The Hall–Kier alpha value is -1.39. The summed E-state index contributed by atoms with van der Waals surface area (Å²) in [5, 5.41) is 0. The van der Waals surface area contributed by atoms with Gasteiger partial charge in [0, 0.05) is 19.1 Å². The van der Waals surface area contributed by atoms with Gasteiger partial charge in [-0.1, -0.05) is 18.2 Å². The number of benzene rings is 1. The van der Waals surface area contributed by atoms with Crippen molar-refractivity contribution in [2.24, 2.45) is 5.92 Å². The van der Waals surface area contributed by atoms with E-state index in [2.05, 4.69) is 4.90 Å². The van der Waals surface area contributed by atoms with E-state index in [0.29, 0.717) is 11.6 Å². The Balaban J connectivity index is 1.77. The molecule has 2 fully saturated rings. The summed E-state index contributed by atoms with van der Waals surface area (Å²) in [6, 6.07) is 8.23. The van der Waals surface area contributed by atoms with Crippen molar-refractivity contribution in [1.82, 2.24) is 4.90 Å². The van der Waals surface area contributed by atoms with E-state index >= 15 is 0 Å². The van der Waals surface area contributed by atoms with Gasteiger partial charge < -0.3 is 9.47 Å². The molecule has 3 rings (SSSR count).